The first-order valence-electron chi connectivity index (χ1n) is 8.81. The summed E-state index contributed by atoms with van der Waals surface area (Å²) in [6, 6.07) is 15.2. The fraction of sp³-hybridized carbons (Fsp3) is 0.238. The molecule has 6 nitrogen and oxygen atoms in total. The predicted octanol–water partition coefficient (Wildman–Crippen LogP) is 3.70. The molecule has 1 amide bonds. The van der Waals surface area contributed by atoms with Crippen molar-refractivity contribution in [2.24, 2.45) is 0 Å². The van der Waals surface area contributed by atoms with E-state index in [1.54, 1.807) is 13.2 Å². The number of carbonyl (C=O) groups is 1. The Labute approximate surface area is 169 Å². The highest BCUT2D eigenvalue weighted by Gasteiger charge is 2.34. The van der Waals surface area contributed by atoms with Gasteiger partial charge in [-0.1, -0.05) is 23.8 Å². The number of aryl methyl sites for hydroxylation is 1. The lowest BCUT2D eigenvalue weighted by Crippen LogP contribution is -2.46. The van der Waals surface area contributed by atoms with Crippen molar-refractivity contribution < 1.29 is 14.3 Å². The Kier molecular flexibility index (Phi) is 5.81. The van der Waals surface area contributed by atoms with Crippen molar-refractivity contribution >= 4 is 24.2 Å². The first kappa shape index (κ1) is 19.6. The second-order valence-electron chi connectivity index (χ2n) is 6.24. The largest absolute Gasteiger partial charge is 0.493 e. The van der Waals surface area contributed by atoms with Gasteiger partial charge >= 0.3 is 0 Å². The molecule has 0 unspecified atom stereocenters. The minimum Gasteiger partial charge on any atom is -0.493 e. The highest BCUT2D eigenvalue weighted by Crippen LogP contribution is 2.38. The molecule has 0 saturated carbocycles. The number of thiol groups is 1. The van der Waals surface area contributed by atoms with Crippen molar-refractivity contribution in [2.45, 2.75) is 20.0 Å². The topological polar surface area (TPSA) is 74.6 Å². The van der Waals surface area contributed by atoms with E-state index in [4.69, 9.17) is 9.47 Å². The molecular formula is C21H21N3O3S. The number of ether oxygens (including phenoxy) is 2. The van der Waals surface area contributed by atoms with Crippen LogP contribution in [0.5, 0.6) is 11.5 Å². The summed E-state index contributed by atoms with van der Waals surface area (Å²) in [5.41, 5.74) is 2.66. The molecular weight excluding hydrogens is 374 g/mol. The number of methoxy groups -OCH3 is 1. The monoisotopic (exact) mass is 395 g/mol. The second kappa shape index (κ2) is 8.28. The van der Waals surface area contributed by atoms with Crippen molar-refractivity contribution in [3.8, 4) is 17.6 Å². The molecule has 28 heavy (non-hydrogen) atoms. The standard InChI is InChI=1S/C21H21N3O3S/c1-4-27-17-10-7-14(11-18(17)26-3)19-23-20(25)16(12-22)21(28)24(19)15-8-5-13(2)6-9-15/h5-11,19,28H,4H2,1-3H3,(H,23,25)/t19-/m1/s1. The zero-order chi connectivity index (χ0) is 20.3. The minimum absolute atomic E-state index is 0.0296. The van der Waals surface area contributed by atoms with Crippen LogP contribution in [0.15, 0.2) is 53.1 Å². The van der Waals surface area contributed by atoms with Crippen LogP contribution < -0.4 is 19.7 Å². The fourth-order valence-electron chi connectivity index (χ4n) is 3.04. The molecule has 0 aromatic heterocycles. The van der Waals surface area contributed by atoms with Gasteiger partial charge in [-0.3, -0.25) is 4.79 Å². The smallest absolute Gasteiger partial charge is 0.266 e. The summed E-state index contributed by atoms with van der Waals surface area (Å²) in [6.45, 7) is 4.41. The fourth-order valence-corrected chi connectivity index (χ4v) is 3.43. The van der Waals surface area contributed by atoms with E-state index in [1.807, 2.05) is 61.2 Å². The molecule has 0 saturated heterocycles. The van der Waals surface area contributed by atoms with Crippen LogP contribution >= 0.6 is 12.6 Å². The molecule has 1 aliphatic rings. The van der Waals surface area contributed by atoms with Crippen LogP contribution in [0.2, 0.25) is 0 Å². The van der Waals surface area contributed by atoms with E-state index in [0.717, 1.165) is 16.8 Å². The van der Waals surface area contributed by atoms with Gasteiger partial charge in [-0.15, -0.1) is 12.6 Å². The summed E-state index contributed by atoms with van der Waals surface area (Å²) < 4.78 is 11.0. The lowest BCUT2D eigenvalue weighted by molar-refractivity contribution is -0.118. The highest BCUT2D eigenvalue weighted by molar-refractivity contribution is 7.84. The zero-order valence-corrected chi connectivity index (χ0v) is 16.8. The van der Waals surface area contributed by atoms with Crippen LogP contribution in [0, 0.1) is 18.3 Å². The quantitative estimate of drug-likeness (QED) is 0.755. The Morgan fingerprint density at radius 3 is 2.54 bits per heavy atom. The number of hydrogen-bond donors (Lipinski definition) is 2. The predicted molar refractivity (Wildman–Crippen MR) is 110 cm³/mol. The van der Waals surface area contributed by atoms with E-state index in [1.165, 1.54) is 0 Å². The van der Waals surface area contributed by atoms with Crippen molar-refractivity contribution in [3.05, 3.63) is 64.2 Å². The van der Waals surface area contributed by atoms with E-state index >= 15 is 0 Å². The number of nitrogens with one attached hydrogen (secondary N) is 1. The molecule has 3 rings (SSSR count). The number of nitrogens with zero attached hydrogens (tertiary/aromatic N) is 2. The van der Waals surface area contributed by atoms with E-state index < -0.39 is 12.1 Å². The number of nitriles is 1. The summed E-state index contributed by atoms with van der Waals surface area (Å²) in [7, 11) is 1.57. The molecule has 0 bridgehead atoms. The van der Waals surface area contributed by atoms with Crippen molar-refractivity contribution in [1.82, 2.24) is 5.32 Å². The van der Waals surface area contributed by atoms with Gasteiger partial charge < -0.3 is 19.7 Å². The Balaban J connectivity index is 2.12. The first-order valence-corrected chi connectivity index (χ1v) is 9.25. The Morgan fingerprint density at radius 1 is 1.21 bits per heavy atom. The normalized spacial score (nSPS) is 16.5. The van der Waals surface area contributed by atoms with E-state index in [-0.39, 0.29) is 5.57 Å². The van der Waals surface area contributed by atoms with Crippen LogP contribution in [0.4, 0.5) is 5.69 Å². The van der Waals surface area contributed by atoms with Crippen molar-refractivity contribution in [2.75, 3.05) is 18.6 Å². The minimum atomic E-state index is -0.551. The number of anilines is 1. The number of benzene rings is 2. The van der Waals surface area contributed by atoms with Gasteiger partial charge in [-0.25, -0.2) is 0 Å². The molecule has 2 aromatic rings. The van der Waals surface area contributed by atoms with E-state index in [0.29, 0.717) is 23.1 Å². The van der Waals surface area contributed by atoms with Crippen LogP contribution in [-0.2, 0) is 4.79 Å². The van der Waals surface area contributed by atoms with Crippen molar-refractivity contribution in [1.29, 1.82) is 5.26 Å². The Bertz CT molecular complexity index is 964. The molecule has 1 aliphatic heterocycles. The molecule has 0 aliphatic carbocycles. The molecule has 7 heteroatoms. The van der Waals surface area contributed by atoms with Crippen LogP contribution in [0.25, 0.3) is 0 Å². The number of carbonyl (C=O) groups excluding carboxylic acids is 1. The molecule has 0 fully saturated rings. The summed E-state index contributed by atoms with van der Waals surface area (Å²) in [4.78, 5) is 14.3. The summed E-state index contributed by atoms with van der Waals surface area (Å²) >= 11 is 4.51. The number of amides is 1. The number of rotatable bonds is 5. The van der Waals surface area contributed by atoms with Crippen LogP contribution in [0.3, 0.4) is 0 Å². The maximum atomic E-state index is 12.5. The molecule has 144 valence electrons. The second-order valence-corrected chi connectivity index (χ2v) is 6.66. The molecule has 0 spiro atoms. The zero-order valence-electron chi connectivity index (χ0n) is 15.9. The molecule has 1 atom stereocenters. The van der Waals surface area contributed by atoms with Crippen molar-refractivity contribution in [3.63, 3.8) is 0 Å². The van der Waals surface area contributed by atoms with Gasteiger partial charge in [-0.05, 0) is 43.7 Å². The summed E-state index contributed by atoms with van der Waals surface area (Å²) in [6.07, 6.45) is -0.551. The summed E-state index contributed by atoms with van der Waals surface area (Å²) in [5, 5.41) is 12.6. The van der Waals surface area contributed by atoms with Gasteiger partial charge in [0, 0.05) is 5.69 Å². The maximum Gasteiger partial charge on any atom is 0.266 e. The first-order chi connectivity index (χ1) is 13.5. The van der Waals surface area contributed by atoms with Gasteiger partial charge in [0.1, 0.15) is 17.8 Å². The van der Waals surface area contributed by atoms with Gasteiger partial charge in [0.25, 0.3) is 5.91 Å². The highest BCUT2D eigenvalue weighted by atomic mass is 32.1. The average molecular weight is 395 g/mol. The summed E-state index contributed by atoms with van der Waals surface area (Å²) in [5.74, 6) is 0.721. The number of hydrogen-bond acceptors (Lipinski definition) is 6. The average Bonchev–Trinajstić information content (AvgIpc) is 2.69. The van der Waals surface area contributed by atoms with Gasteiger partial charge in [-0.2, -0.15) is 5.26 Å². The maximum absolute atomic E-state index is 12.5. The SMILES string of the molecule is CCOc1ccc([C@@H]2NC(=O)C(C#N)=C(S)N2c2ccc(C)cc2)cc1OC. The van der Waals surface area contributed by atoms with Crippen LogP contribution in [0.1, 0.15) is 24.2 Å². The van der Waals surface area contributed by atoms with E-state index in [2.05, 4.69) is 17.9 Å². The third-order valence-electron chi connectivity index (χ3n) is 4.43. The molecule has 1 N–H and O–H groups in total. The van der Waals surface area contributed by atoms with Crippen LogP contribution in [-0.4, -0.2) is 19.6 Å². The molecule has 0 radical (unpaired) electrons. The van der Waals surface area contributed by atoms with E-state index in [9.17, 15) is 10.1 Å². The lowest BCUT2D eigenvalue weighted by Gasteiger charge is -2.38. The third-order valence-corrected chi connectivity index (χ3v) is 4.87. The molecule has 1 heterocycles. The molecule has 2 aromatic carbocycles. The Morgan fingerprint density at radius 2 is 1.93 bits per heavy atom. The lowest BCUT2D eigenvalue weighted by atomic mass is 10.1. The van der Waals surface area contributed by atoms with Gasteiger partial charge in [0.05, 0.1) is 18.7 Å². The van der Waals surface area contributed by atoms with Gasteiger partial charge in [0.2, 0.25) is 0 Å². The Hall–Kier alpha value is -3.11. The third kappa shape index (κ3) is 3.64. The van der Waals surface area contributed by atoms with Gasteiger partial charge in [0.15, 0.2) is 11.5 Å².